The second-order valence-electron chi connectivity index (χ2n) is 11.5. The zero-order valence-corrected chi connectivity index (χ0v) is 27.1. The van der Waals surface area contributed by atoms with Crippen LogP contribution in [0.5, 0.6) is 0 Å². The summed E-state index contributed by atoms with van der Waals surface area (Å²) in [6.45, 7) is 37.3. The Kier molecular flexibility index (Phi) is 34.8. The second-order valence-corrected chi connectivity index (χ2v) is 11.5. The van der Waals surface area contributed by atoms with E-state index < -0.39 is 0 Å². The molecule has 0 heterocycles. The quantitative estimate of drug-likeness (QED) is 0.210. The fourth-order valence-corrected chi connectivity index (χ4v) is 4.17. The Morgan fingerprint density at radius 2 is 1.26 bits per heavy atom. The SMILES string of the molecule is C=C(C)CCC1CC1.C=CC.C=CCC(C)C.CCC.CCC1C(CC)C1(C)C.CCCCCC. The summed E-state index contributed by atoms with van der Waals surface area (Å²) < 4.78 is 0. The van der Waals surface area contributed by atoms with Gasteiger partial charge < -0.3 is 0 Å². The first-order valence-electron chi connectivity index (χ1n) is 15.3. The van der Waals surface area contributed by atoms with Crippen molar-refractivity contribution in [2.24, 2.45) is 29.1 Å². The third-order valence-corrected chi connectivity index (χ3v) is 6.44. The van der Waals surface area contributed by atoms with Gasteiger partial charge in [-0.2, -0.15) is 0 Å². The minimum absolute atomic E-state index is 0.684. The highest BCUT2D eigenvalue weighted by molar-refractivity contribution is 5.02. The lowest BCUT2D eigenvalue weighted by atomic mass is 10.1. The molecular formula is C35H72. The average molecular weight is 493 g/mol. The van der Waals surface area contributed by atoms with Gasteiger partial charge in [0.05, 0.1) is 0 Å². The normalized spacial score (nSPS) is 18.2. The van der Waals surface area contributed by atoms with Gasteiger partial charge >= 0.3 is 0 Å². The van der Waals surface area contributed by atoms with E-state index in [0.29, 0.717) is 5.41 Å². The molecule has 2 aliphatic carbocycles. The summed E-state index contributed by atoms with van der Waals surface area (Å²) in [5.41, 5.74) is 2.03. The van der Waals surface area contributed by atoms with E-state index in [-0.39, 0.29) is 0 Å². The Morgan fingerprint density at radius 1 is 0.886 bits per heavy atom. The summed E-state index contributed by atoms with van der Waals surface area (Å²) >= 11 is 0. The predicted molar refractivity (Wildman–Crippen MR) is 169 cm³/mol. The molecule has 2 atom stereocenters. The van der Waals surface area contributed by atoms with Gasteiger partial charge in [0, 0.05) is 0 Å². The number of unbranched alkanes of at least 4 members (excludes halogenated alkanes) is 3. The van der Waals surface area contributed by atoms with Crippen LogP contribution in [0.15, 0.2) is 37.5 Å². The summed E-state index contributed by atoms with van der Waals surface area (Å²) in [7, 11) is 0. The summed E-state index contributed by atoms with van der Waals surface area (Å²) in [6, 6.07) is 0. The van der Waals surface area contributed by atoms with E-state index in [0.717, 1.165) is 30.1 Å². The fourth-order valence-electron chi connectivity index (χ4n) is 4.17. The molecule has 0 heteroatoms. The minimum atomic E-state index is 0.684. The van der Waals surface area contributed by atoms with Crippen LogP contribution in [0.3, 0.4) is 0 Å². The van der Waals surface area contributed by atoms with Crippen LogP contribution in [-0.4, -0.2) is 0 Å². The number of allylic oxidation sites excluding steroid dienone is 3. The van der Waals surface area contributed by atoms with Crippen molar-refractivity contribution in [3.05, 3.63) is 37.5 Å². The molecule has 0 bridgehead atoms. The Morgan fingerprint density at radius 3 is 1.40 bits per heavy atom. The van der Waals surface area contributed by atoms with Gasteiger partial charge in [-0.1, -0.05) is 145 Å². The van der Waals surface area contributed by atoms with Crippen molar-refractivity contribution in [2.45, 2.75) is 160 Å². The van der Waals surface area contributed by atoms with Gasteiger partial charge in [0.15, 0.2) is 0 Å². The molecule has 2 aliphatic rings. The maximum Gasteiger partial charge on any atom is -0.0292 e. The van der Waals surface area contributed by atoms with E-state index in [2.05, 4.69) is 95.9 Å². The largest absolute Gasteiger partial charge is 0.103 e. The molecule has 0 aromatic carbocycles. The van der Waals surface area contributed by atoms with E-state index in [1.807, 2.05) is 13.0 Å². The number of rotatable bonds is 10. The summed E-state index contributed by atoms with van der Waals surface area (Å²) in [5, 5.41) is 0. The Labute approximate surface area is 226 Å². The van der Waals surface area contributed by atoms with Gasteiger partial charge in [-0.25, -0.2) is 0 Å². The van der Waals surface area contributed by atoms with Crippen LogP contribution in [0, 0.1) is 29.1 Å². The smallest absolute Gasteiger partial charge is 0.0292 e. The van der Waals surface area contributed by atoms with Crippen LogP contribution < -0.4 is 0 Å². The van der Waals surface area contributed by atoms with Gasteiger partial charge in [0.1, 0.15) is 0 Å². The van der Waals surface area contributed by atoms with Crippen LogP contribution in [0.2, 0.25) is 0 Å². The van der Waals surface area contributed by atoms with Crippen molar-refractivity contribution in [2.75, 3.05) is 0 Å². The van der Waals surface area contributed by atoms with Crippen LogP contribution in [0.25, 0.3) is 0 Å². The van der Waals surface area contributed by atoms with Crippen molar-refractivity contribution in [3.8, 4) is 0 Å². The standard InChI is InChI=1S/C9H18.C8H14.C6H12.C6H14.C3H8.C3H6/c1-5-7-8(6-2)9(7,3)4;1-7(2)3-4-8-5-6-8;1-4-5-6(2)3;1-3-5-6-4-2;2*1-3-2/h7-8H,5-6H2,1-4H3;8H,1,3-6H2,2H3;4,6H,1,5H2,2-3H3;3-6H2,1-2H3;3H2,1-2H3;3H,1H2,2H3. The van der Waals surface area contributed by atoms with Crippen LogP contribution in [0.1, 0.15) is 160 Å². The molecule has 2 unspecified atom stereocenters. The van der Waals surface area contributed by atoms with Gasteiger partial charge in [-0.15, -0.1) is 19.7 Å². The molecular weight excluding hydrogens is 420 g/mol. The summed E-state index contributed by atoms with van der Waals surface area (Å²) in [4.78, 5) is 0. The predicted octanol–water partition coefficient (Wildman–Crippen LogP) is 13.2. The van der Waals surface area contributed by atoms with E-state index in [9.17, 15) is 0 Å². The van der Waals surface area contributed by atoms with Crippen molar-refractivity contribution in [3.63, 3.8) is 0 Å². The first-order valence-corrected chi connectivity index (χ1v) is 15.3. The Bertz CT molecular complexity index is 419. The molecule has 0 aliphatic heterocycles. The highest BCUT2D eigenvalue weighted by Crippen LogP contribution is 2.61. The molecule has 35 heavy (non-hydrogen) atoms. The Hall–Kier alpha value is -0.780. The van der Waals surface area contributed by atoms with Crippen molar-refractivity contribution in [1.29, 1.82) is 0 Å². The molecule has 0 spiro atoms. The molecule has 2 saturated carbocycles. The summed E-state index contributed by atoms with van der Waals surface area (Å²) in [5.74, 6) is 3.92. The van der Waals surface area contributed by atoms with Gasteiger partial charge in [0.2, 0.25) is 0 Å². The lowest BCUT2D eigenvalue weighted by Crippen LogP contribution is -1.88. The van der Waals surface area contributed by atoms with Crippen LogP contribution >= 0.6 is 0 Å². The lowest BCUT2D eigenvalue weighted by molar-refractivity contribution is 0.526. The fraction of sp³-hybridized carbons (Fsp3) is 0.829. The maximum absolute atomic E-state index is 3.85. The molecule has 0 radical (unpaired) electrons. The molecule has 2 rings (SSSR count). The maximum atomic E-state index is 3.85. The van der Waals surface area contributed by atoms with E-state index in [4.69, 9.17) is 0 Å². The topological polar surface area (TPSA) is 0 Å². The first kappa shape index (κ1) is 41.4. The zero-order valence-electron chi connectivity index (χ0n) is 27.1. The third-order valence-electron chi connectivity index (χ3n) is 6.44. The molecule has 0 aromatic heterocycles. The van der Waals surface area contributed by atoms with Gasteiger partial charge in [-0.05, 0) is 62.2 Å². The summed E-state index contributed by atoms with van der Waals surface area (Å²) in [6.07, 6.45) is 20.0. The zero-order chi connectivity index (χ0) is 28.3. The number of hydrogen-bond donors (Lipinski definition) is 0. The monoisotopic (exact) mass is 493 g/mol. The minimum Gasteiger partial charge on any atom is -0.103 e. The molecule has 0 aromatic rings. The number of hydrogen-bond acceptors (Lipinski definition) is 0. The highest BCUT2D eigenvalue weighted by atomic mass is 14.6. The lowest BCUT2D eigenvalue weighted by Gasteiger charge is -1.97. The first-order chi connectivity index (χ1) is 16.4. The molecule has 0 amide bonds. The second kappa shape index (κ2) is 29.5. The van der Waals surface area contributed by atoms with Crippen molar-refractivity contribution in [1.82, 2.24) is 0 Å². The van der Waals surface area contributed by atoms with Crippen molar-refractivity contribution < 1.29 is 0 Å². The molecule has 0 saturated heterocycles. The molecule has 212 valence electrons. The third kappa shape index (κ3) is 33.2. The van der Waals surface area contributed by atoms with E-state index in [1.54, 1.807) is 6.08 Å². The van der Waals surface area contributed by atoms with Crippen LogP contribution in [0.4, 0.5) is 0 Å². The van der Waals surface area contributed by atoms with E-state index in [1.165, 1.54) is 76.2 Å². The van der Waals surface area contributed by atoms with Gasteiger partial charge in [-0.3, -0.25) is 0 Å². The van der Waals surface area contributed by atoms with Crippen molar-refractivity contribution >= 4 is 0 Å². The van der Waals surface area contributed by atoms with Gasteiger partial charge in [0.25, 0.3) is 0 Å². The molecule has 0 nitrogen and oxygen atoms in total. The molecule has 2 fully saturated rings. The van der Waals surface area contributed by atoms with E-state index >= 15 is 0 Å². The Balaban J connectivity index is -0.000000172. The highest BCUT2D eigenvalue weighted by Gasteiger charge is 2.54. The average Bonchev–Trinajstić information content (AvgIpc) is 3.69. The molecule has 0 N–H and O–H groups in total. The van der Waals surface area contributed by atoms with Crippen LogP contribution in [-0.2, 0) is 0 Å².